The maximum Gasteiger partial charge on any atom is 0.0757 e. The zero-order chi connectivity index (χ0) is 21.2. The van der Waals surface area contributed by atoms with Crippen LogP contribution < -0.4 is 5.32 Å². The number of rotatable bonds is 7. The Morgan fingerprint density at radius 3 is 2.41 bits per heavy atom. The number of hydrogen-bond acceptors (Lipinski definition) is 5. The van der Waals surface area contributed by atoms with Gasteiger partial charge in [-0.3, -0.25) is 14.9 Å². The molecule has 1 aromatic carbocycles. The van der Waals surface area contributed by atoms with E-state index in [1.807, 2.05) is 32.9 Å². The van der Waals surface area contributed by atoms with Gasteiger partial charge in [-0.15, -0.1) is 0 Å². The third-order valence-electron chi connectivity index (χ3n) is 6.35. The molecule has 2 heterocycles. The lowest BCUT2D eigenvalue weighted by molar-refractivity contribution is 0.0579. The molecule has 0 amide bonds. The second kappa shape index (κ2) is 9.09. The van der Waals surface area contributed by atoms with Crippen LogP contribution in [0.2, 0.25) is 5.02 Å². The van der Waals surface area contributed by atoms with Crippen LogP contribution in [0.3, 0.4) is 0 Å². The Bertz CT molecular complexity index is 842. The van der Waals surface area contributed by atoms with E-state index < -0.39 is 0 Å². The predicted molar refractivity (Wildman–Crippen MR) is 118 cm³/mol. The van der Waals surface area contributed by atoms with E-state index in [9.17, 15) is 5.11 Å². The van der Waals surface area contributed by atoms with Crippen molar-refractivity contribution in [1.82, 2.24) is 20.2 Å². The smallest absolute Gasteiger partial charge is 0.0757 e. The first-order chi connectivity index (χ1) is 13.8. The SMILES string of the molecule is CCN1[C@@H](c2ccc(Cl)cc2)[C@@H](CNCc2nc(C)c(C)nc2C)C[C@@]1(C)CO. The molecule has 0 saturated carbocycles. The minimum absolute atomic E-state index is 0.156. The van der Waals surface area contributed by atoms with E-state index in [1.165, 1.54) is 5.56 Å². The number of nitrogens with one attached hydrogen (secondary N) is 1. The number of nitrogens with zero attached hydrogens (tertiary/aromatic N) is 3. The van der Waals surface area contributed by atoms with Gasteiger partial charge >= 0.3 is 0 Å². The van der Waals surface area contributed by atoms with Crippen LogP contribution in [0.15, 0.2) is 24.3 Å². The molecule has 5 nitrogen and oxygen atoms in total. The van der Waals surface area contributed by atoms with Crippen LogP contribution in [0.25, 0.3) is 0 Å². The molecule has 2 aromatic rings. The molecule has 0 aliphatic carbocycles. The highest BCUT2D eigenvalue weighted by molar-refractivity contribution is 6.30. The monoisotopic (exact) mass is 416 g/mol. The Morgan fingerprint density at radius 2 is 1.79 bits per heavy atom. The van der Waals surface area contributed by atoms with Crippen LogP contribution in [0, 0.1) is 26.7 Å². The van der Waals surface area contributed by atoms with Crippen molar-refractivity contribution in [3.05, 3.63) is 57.6 Å². The van der Waals surface area contributed by atoms with Crippen molar-refractivity contribution in [3.63, 3.8) is 0 Å². The fraction of sp³-hybridized carbons (Fsp3) is 0.565. The van der Waals surface area contributed by atoms with Crippen LogP contribution in [0.4, 0.5) is 0 Å². The normalized spacial score (nSPS) is 24.9. The molecule has 0 radical (unpaired) electrons. The molecule has 29 heavy (non-hydrogen) atoms. The molecule has 3 atom stereocenters. The summed E-state index contributed by atoms with van der Waals surface area (Å²) >= 11 is 6.12. The standard InChI is InChI=1S/C23H33ClN4O/c1-6-28-22(18-7-9-20(24)10-8-18)19(11-23(28,5)14-29)12-25-13-21-17(4)26-15(2)16(3)27-21/h7-10,19,22,25,29H,6,11-14H2,1-5H3/t19-,22+,23+/m1/s1. The van der Waals surface area contributed by atoms with Crippen molar-refractivity contribution in [1.29, 1.82) is 0 Å². The predicted octanol–water partition coefficient (Wildman–Crippen LogP) is 3.98. The topological polar surface area (TPSA) is 61.3 Å². The quantitative estimate of drug-likeness (QED) is 0.714. The molecule has 1 fully saturated rings. The number of aliphatic hydroxyl groups excluding tert-OH is 1. The van der Waals surface area contributed by atoms with E-state index in [0.29, 0.717) is 12.5 Å². The molecule has 1 aromatic heterocycles. The molecule has 0 bridgehead atoms. The Kier molecular flexibility index (Phi) is 6.94. The third kappa shape index (κ3) is 4.64. The molecule has 6 heteroatoms. The lowest BCUT2D eigenvalue weighted by atomic mass is 9.90. The van der Waals surface area contributed by atoms with Crippen LogP contribution in [0.5, 0.6) is 0 Å². The summed E-state index contributed by atoms with van der Waals surface area (Å²) in [5, 5.41) is 14.5. The molecule has 1 aliphatic heterocycles. The highest BCUT2D eigenvalue weighted by atomic mass is 35.5. The van der Waals surface area contributed by atoms with Gasteiger partial charge in [0.25, 0.3) is 0 Å². The summed E-state index contributed by atoms with van der Waals surface area (Å²) in [7, 11) is 0. The minimum atomic E-state index is -0.221. The Morgan fingerprint density at radius 1 is 1.14 bits per heavy atom. The van der Waals surface area contributed by atoms with Crippen molar-refractivity contribution in [3.8, 4) is 0 Å². The molecule has 1 aliphatic rings. The van der Waals surface area contributed by atoms with Gasteiger partial charge in [-0.05, 0) is 64.3 Å². The number of aliphatic hydroxyl groups is 1. The highest BCUT2D eigenvalue weighted by Gasteiger charge is 2.47. The Labute approximate surface area is 179 Å². The fourth-order valence-corrected chi connectivity index (χ4v) is 4.84. The fourth-order valence-electron chi connectivity index (χ4n) is 4.72. The zero-order valence-electron chi connectivity index (χ0n) is 18.2. The zero-order valence-corrected chi connectivity index (χ0v) is 18.9. The summed E-state index contributed by atoms with van der Waals surface area (Å²) < 4.78 is 0. The van der Waals surface area contributed by atoms with Crippen LogP contribution in [-0.2, 0) is 6.54 Å². The number of aryl methyl sites for hydroxylation is 3. The first-order valence-corrected chi connectivity index (χ1v) is 10.8. The summed E-state index contributed by atoms with van der Waals surface area (Å²) in [5.41, 5.74) is 4.99. The van der Waals surface area contributed by atoms with E-state index in [1.54, 1.807) is 0 Å². The lowest BCUT2D eigenvalue weighted by Crippen LogP contribution is -2.45. The molecule has 0 spiro atoms. The maximum absolute atomic E-state index is 10.1. The van der Waals surface area contributed by atoms with Crippen LogP contribution in [0.1, 0.15) is 54.6 Å². The van der Waals surface area contributed by atoms with Gasteiger partial charge in [0.1, 0.15) is 0 Å². The lowest BCUT2D eigenvalue weighted by Gasteiger charge is -2.37. The summed E-state index contributed by atoms with van der Waals surface area (Å²) in [5.74, 6) is 0.382. The average molecular weight is 417 g/mol. The van der Waals surface area contributed by atoms with Crippen molar-refractivity contribution in [2.75, 3.05) is 19.7 Å². The summed E-state index contributed by atoms with van der Waals surface area (Å²) in [6, 6.07) is 8.39. The highest BCUT2D eigenvalue weighted by Crippen LogP contribution is 2.46. The van der Waals surface area contributed by atoms with Crippen molar-refractivity contribution in [2.24, 2.45) is 5.92 Å². The number of aromatic nitrogens is 2. The first kappa shape index (κ1) is 22.2. The van der Waals surface area contributed by atoms with Crippen molar-refractivity contribution in [2.45, 2.75) is 59.2 Å². The van der Waals surface area contributed by atoms with Crippen molar-refractivity contribution < 1.29 is 5.11 Å². The van der Waals surface area contributed by atoms with Gasteiger partial charge in [0.2, 0.25) is 0 Å². The number of likely N-dealkylation sites (tertiary alicyclic amines) is 1. The van der Waals surface area contributed by atoms with Gasteiger partial charge in [0, 0.05) is 29.7 Å². The second-order valence-corrected chi connectivity index (χ2v) is 8.90. The first-order valence-electron chi connectivity index (χ1n) is 10.4. The third-order valence-corrected chi connectivity index (χ3v) is 6.60. The van der Waals surface area contributed by atoms with Crippen molar-refractivity contribution >= 4 is 11.6 Å². The van der Waals surface area contributed by atoms with Gasteiger partial charge in [-0.2, -0.15) is 0 Å². The molecular weight excluding hydrogens is 384 g/mol. The number of benzene rings is 1. The van der Waals surface area contributed by atoms with E-state index >= 15 is 0 Å². The van der Waals surface area contributed by atoms with Gasteiger partial charge in [0.15, 0.2) is 0 Å². The summed E-state index contributed by atoms with van der Waals surface area (Å²) in [4.78, 5) is 11.7. The molecule has 158 valence electrons. The largest absolute Gasteiger partial charge is 0.394 e. The molecule has 2 N–H and O–H groups in total. The number of halogens is 1. The van der Waals surface area contributed by atoms with Crippen LogP contribution >= 0.6 is 11.6 Å². The summed E-state index contributed by atoms with van der Waals surface area (Å²) in [6.07, 6.45) is 0.940. The number of hydrogen-bond donors (Lipinski definition) is 2. The van der Waals surface area contributed by atoms with Gasteiger partial charge in [-0.25, -0.2) is 0 Å². The Balaban J connectivity index is 1.78. The summed E-state index contributed by atoms with van der Waals surface area (Å²) in [6.45, 7) is 13.0. The number of likely N-dealkylation sites (N-methyl/N-ethyl adjacent to an activating group) is 1. The van der Waals surface area contributed by atoms with Crippen LogP contribution in [-0.4, -0.2) is 45.2 Å². The molecule has 1 saturated heterocycles. The minimum Gasteiger partial charge on any atom is -0.394 e. The molecule has 3 rings (SSSR count). The Hall–Kier alpha value is -1.53. The van der Waals surface area contributed by atoms with E-state index in [-0.39, 0.29) is 18.2 Å². The van der Waals surface area contributed by atoms with E-state index in [0.717, 1.165) is 47.3 Å². The van der Waals surface area contributed by atoms with Gasteiger partial charge in [-0.1, -0.05) is 30.7 Å². The van der Waals surface area contributed by atoms with E-state index in [2.05, 4.69) is 41.2 Å². The van der Waals surface area contributed by atoms with E-state index in [4.69, 9.17) is 16.6 Å². The van der Waals surface area contributed by atoms with Gasteiger partial charge in [0.05, 0.1) is 29.4 Å². The maximum atomic E-state index is 10.1. The van der Waals surface area contributed by atoms with Gasteiger partial charge < -0.3 is 10.4 Å². The molecular formula is C23H33ClN4O. The molecule has 0 unspecified atom stereocenters. The second-order valence-electron chi connectivity index (χ2n) is 8.46. The average Bonchev–Trinajstić information content (AvgIpc) is 2.98.